The number of amides is 5. The van der Waals surface area contributed by atoms with Crippen molar-refractivity contribution >= 4 is 80.3 Å². The number of nitrogens with zero attached hydrogens (tertiary/aromatic N) is 1. The highest BCUT2D eigenvalue weighted by molar-refractivity contribution is 9.10. The predicted molar refractivity (Wildman–Crippen MR) is 145 cm³/mol. The van der Waals surface area contributed by atoms with E-state index < -0.39 is 23.8 Å². The van der Waals surface area contributed by atoms with Crippen LogP contribution in [0.4, 0.5) is 16.2 Å². The smallest absolute Gasteiger partial charge is 0.335 e. The molecule has 1 aliphatic rings. The summed E-state index contributed by atoms with van der Waals surface area (Å²) in [6, 6.07) is 15.5. The normalized spacial score (nSPS) is 14.5. The van der Waals surface area contributed by atoms with Gasteiger partial charge in [0, 0.05) is 15.7 Å². The number of imide groups is 2. The van der Waals surface area contributed by atoms with Crippen molar-refractivity contribution in [2.24, 2.45) is 0 Å². The predicted octanol–water partition coefficient (Wildman–Crippen LogP) is 5.75. The monoisotopic (exact) mass is 601 g/mol. The molecule has 188 valence electrons. The molecule has 0 atom stereocenters. The van der Waals surface area contributed by atoms with Gasteiger partial charge in [-0.05, 0) is 67.1 Å². The van der Waals surface area contributed by atoms with Crippen molar-refractivity contribution < 1.29 is 23.9 Å². The summed E-state index contributed by atoms with van der Waals surface area (Å²) in [5, 5.41) is 5.26. The number of hydrogen-bond donors (Lipinski definition) is 2. The quantitative estimate of drug-likeness (QED) is 0.276. The Morgan fingerprint density at radius 2 is 1.84 bits per heavy atom. The van der Waals surface area contributed by atoms with Crippen LogP contribution in [-0.2, 0) is 14.4 Å². The molecule has 8 nitrogen and oxygen atoms in total. The van der Waals surface area contributed by atoms with Gasteiger partial charge in [-0.15, -0.1) is 0 Å². The van der Waals surface area contributed by atoms with E-state index in [4.69, 9.17) is 27.9 Å². The molecule has 1 aliphatic heterocycles. The van der Waals surface area contributed by atoms with Gasteiger partial charge in [0.15, 0.2) is 6.61 Å². The van der Waals surface area contributed by atoms with Crippen LogP contribution in [-0.4, -0.2) is 30.4 Å². The Hall–Kier alpha value is -3.66. The minimum Gasteiger partial charge on any atom is -0.483 e. The average molecular weight is 603 g/mol. The maximum absolute atomic E-state index is 13.2. The first kappa shape index (κ1) is 26.4. The first-order valence-corrected chi connectivity index (χ1v) is 12.3. The zero-order chi connectivity index (χ0) is 26.7. The van der Waals surface area contributed by atoms with Crippen LogP contribution in [0.25, 0.3) is 6.08 Å². The minimum atomic E-state index is -0.927. The summed E-state index contributed by atoms with van der Waals surface area (Å²) in [7, 11) is 0. The second kappa shape index (κ2) is 11.2. The van der Waals surface area contributed by atoms with E-state index in [-0.39, 0.29) is 33.7 Å². The summed E-state index contributed by atoms with van der Waals surface area (Å²) in [4.78, 5) is 51.5. The van der Waals surface area contributed by atoms with Gasteiger partial charge in [-0.3, -0.25) is 19.7 Å². The summed E-state index contributed by atoms with van der Waals surface area (Å²) in [6.45, 7) is 1.59. The van der Waals surface area contributed by atoms with Crippen LogP contribution >= 0.6 is 39.1 Å². The second-order valence-electron chi connectivity index (χ2n) is 7.94. The van der Waals surface area contributed by atoms with E-state index in [9.17, 15) is 19.2 Å². The Labute approximate surface area is 230 Å². The molecule has 11 heteroatoms. The number of halogens is 3. The number of urea groups is 1. The highest BCUT2D eigenvalue weighted by atomic mass is 79.9. The van der Waals surface area contributed by atoms with Gasteiger partial charge in [-0.25, -0.2) is 9.69 Å². The number of nitrogens with one attached hydrogen (secondary N) is 2. The highest BCUT2D eigenvalue weighted by Gasteiger charge is 2.37. The van der Waals surface area contributed by atoms with E-state index >= 15 is 0 Å². The molecule has 37 heavy (non-hydrogen) atoms. The molecule has 4 rings (SSSR count). The molecular weight excluding hydrogens is 585 g/mol. The summed E-state index contributed by atoms with van der Waals surface area (Å²) in [5.41, 5.74) is 1.76. The molecule has 2 N–H and O–H groups in total. The number of hydrogen-bond acceptors (Lipinski definition) is 5. The molecule has 0 spiro atoms. The van der Waals surface area contributed by atoms with E-state index in [1.165, 1.54) is 24.3 Å². The van der Waals surface area contributed by atoms with Crippen LogP contribution in [0.15, 0.2) is 70.7 Å². The lowest BCUT2D eigenvalue weighted by Crippen LogP contribution is -2.54. The van der Waals surface area contributed by atoms with Gasteiger partial charge < -0.3 is 10.1 Å². The lowest BCUT2D eigenvalue weighted by atomic mass is 10.1. The summed E-state index contributed by atoms with van der Waals surface area (Å²) in [5.74, 6) is -1.90. The van der Waals surface area contributed by atoms with Gasteiger partial charge >= 0.3 is 6.03 Å². The van der Waals surface area contributed by atoms with Gasteiger partial charge in [-0.2, -0.15) is 0 Å². The van der Waals surface area contributed by atoms with E-state index in [1.807, 2.05) is 25.1 Å². The minimum absolute atomic E-state index is 0.133. The second-order valence-corrected chi connectivity index (χ2v) is 9.67. The van der Waals surface area contributed by atoms with Gasteiger partial charge in [0.1, 0.15) is 11.3 Å². The van der Waals surface area contributed by atoms with Crippen molar-refractivity contribution in [2.45, 2.75) is 6.92 Å². The molecule has 0 saturated carbocycles. The molecule has 1 heterocycles. The fourth-order valence-electron chi connectivity index (χ4n) is 3.50. The summed E-state index contributed by atoms with van der Waals surface area (Å²) >= 11 is 15.3. The van der Waals surface area contributed by atoms with Crippen molar-refractivity contribution in [1.82, 2.24) is 5.32 Å². The Morgan fingerprint density at radius 3 is 2.57 bits per heavy atom. The fraction of sp³-hybridized carbons (Fsp3) is 0.0769. The van der Waals surface area contributed by atoms with E-state index in [2.05, 4.69) is 26.6 Å². The number of barbiturate groups is 1. The lowest BCUT2D eigenvalue weighted by molar-refractivity contribution is -0.122. The summed E-state index contributed by atoms with van der Waals surface area (Å²) in [6.07, 6.45) is 1.28. The van der Waals surface area contributed by atoms with Gasteiger partial charge in [-0.1, -0.05) is 51.3 Å². The van der Waals surface area contributed by atoms with E-state index in [0.717, 1.165) is 10.5 Å². The molecule has 1 fully saturated rings. The van der Waals surface area contributed by atoms with E-state index in [0.29, 0.717) is 15.7 Å². The lowest BCUT2D eigenvalue weighted by Gasteiger charge is -2.26. The molecule has 0 unspecified atom stereocenters. The Morgan fingerprint density at radius 1 is 1.05 bits per heavy atom. The van der Waals surface area contributed by atoms with Crippen LogP contribution in [0, 0.1) is 6.92 Å². The number of rotatable bonds is 6. The van der Waals surface area contributed by atoms with Crippen LogP contribution in [0.2, 0.25) is 10.0 Å². The van der Waals surface area contributed by atoms with Crippen molar-refractivity contribution in [3.63, 3.8) is 0 Å². The van der Waals surface area contributed by atoms with Crippen LogP contribution in [0.3, 0.4) is 0 Å². The molecule has 5 amide bonds. The maximum atomic E-state index is 13.2. The molecule has 3 aromatic carbocycles. The topological polar surface area (TPSA) is 105 Å². The Bertz CT molecular complexity index is 1470. The fourth-order valence-corrected chi connectivity index (χ4v) is 4.17. The Kier molecular flexibility index (Phi) is 7.97. The van der Waals surface area contributed by atoms with Crippen molar-refractivity contribution in [3.8, 4) is 5.75 Å². The first-order valence-electron chi connectivity index (χ1n) is 10.8. The third-order valence-electron chi connectivity index (χ3n) is 5.20. The molecule has 0 aliphatic carbocycles. The molecule has 1 saturated heterocycles. The molecule has 0 aromatic heterocycles. The average Bonchev–Trinajstić information content (AvgIpc) is 2.83. The third kappa shape index (κ3) is 6.19. The number of aryl methyl sites for hydroxylation is 1. The molecular formula is C26H18BrCl2N3O5. The maximum Gasteiger partial charge on any atom is 0.335 e. The Balaban J connectivity index is 1.59. The number of carbonyl (C=O) groups is 4. The van der Waals surface area contributed by atoms with Crippen molar-refractivity contribution in [1.29, 1.82) is 0 Å². The van der Waals surface area contributed by atoms with Gasteiger partial charge in [0.25, 0.3) is 17.7 Å². The molecule has 3 aromatic rings. The zero-order valence-electron chi connectivity index (χ0n) is 19.2. The first-order chi connectivity index (χ1) is 17.6. The number of carbonyl (C=O) groups excluding carboxylic acids is 4. The molecule has 0 radical (unpaired) electrons. The van der Waals surface area contributed by atoms with E-state index in [1.54, 1.807) is 24.3 Å². The van der Waals surface area contributed by atoms with Crippen LogP contribution < -0.4 is 20.3 Å². The van der Waals surface area contributed by atoms with Crippen molar-refractivity contribution in [3.05, 3.63) is 91.9 Å². The number of benzene rings is 3. The van der Waals surface area contributed by atoms with Crippen LogP contribution in [0.5, 0.6) is 5.75 Å². The summed E-state index contributed by atoms with van der Waals surface area (Å²) < 4.78 is 6.33. The SMILES string of the molecule is Cc1cccc(NC(=O)COc2ccc(Br)cc2/C=C2\C(=O)NC(=O)N(c3ccc(Cl)c(Cl)c3)C2=O)c1. The largest absolute Gasteiger partial charge is 0.483 e. The van der Waals surface area contributed by atoms with Gasteiger partial charge in [0.05, 0.1) is 15.7 Å². The van der Waals surface area contributed by atoms with Crippen LogP contribution in [0.1, 0.15) is 11.1 Å². The zero-order valence-corrected chi connectivity index (χ0v) is 22.3. The van der Waals surface area contributed by atoms with Crippen molar-refractivity contribution in [2.75, 3.05) is 16.8 Å². The standard InChI is InChI=1S/C26H18BrCl2N3O5/c1-14-3-2-4-17(9-14)30-23(33)13-37-22-8-5-16(27)10-15(22)11-19-24(34)31-26(36)32(25(19)35)18-6-7-20(28)21(29)12-18/h2-12H,13H2,1H3,(H,30,33)(H,31,34,36)/b19-11+. The molecule has 0 bridgehead atoms. The highest BCUT2D eigenvalue weighted by Crippen LogP contribution is 2.31. The third-order valence-corrected chi connectivity index (χ3v) is 6.43. The number of ether oxygens (including phenoxy) is 1. The van der Waals surface area contributed by atoms with Gasteiger partial charge in [0.2, 0.25) is 0 Å². The number of anilines is 2.